The second-order valence-electron chi connectivity index (χ2n) is 4.98. The van der Waals surface area contributed by atoms with Crippen LogP contribution in [0.1, 0.15) is 30.4 Å². The summed E-state index contributed by atoms with van der Waals surface area (Å²) < 4.78 is 0. The van der Waals surface area contributed by atoms with E-state index in [-0.39, 0.29) is 0 Å². The highest BCUT2D eigenvalue weighted by Crippen LogP contribution is 2.37. The third kappa shape index (κ3) is 1.82. The van der Waals surface area contributed by atoms with E-state index in [9.17, 15) is 0 Å². The van der Waals surface area contributed by atoms with Gasteiger partial charge in [-0.2, -0.15) is 0 Å². The predicted molar refractivity (Wildman–Crippen MR) is 78.4 cm³/mol. The lowest BCUT2D eigenvalue weighted by Gasteiger charge is -2.21. The highest BCUT2D eigenvalue weighted by molar-refractivity contribution is 5.81. The molecule has 0 saturated heterocycles. The van der Waals surface area contributed by atoms with Gasteiger partial charge in [-0.05, 0) is 46.7 Å². The number of benzene rings is 2. The fraction of sp³-hybridized carbons (Fsp3) is 0.176. The largest absolute Gasteiger partial charge is 0.399 e. The van der Waals surface area contributed by atoms with Crippen LogP contribution in [0.3, 0.4) is 0 Å². The maximum absolute atomic E-state index is 6.06. The summed E-state index contributed by atoms with van der Waals surface area (Å²) in [5.41, 5.74) is 12.1. The summed E-state index contributed by atoms with van der Waals surface area (Å²) in [5.74, 6) is 0.552. The Bertz CT molecular complexity index is 597. The van der Waals surface area contributed by atoms with Gasteiger partial charge in [0.1, 0.15) is 0 Å². The van der Waals surface area contributed by atoms with Crippen LogP contribution in [0.15, 0.2) is 48.5 Å². The summed E-state index contributed by atoms with van der Waals surface area (Å²) in [5, 5.41) is 0. The fourth-order valence-electron chi connectivity index (χ4n) is 2.67. The summed E-state index contributed by atoms with van der Waals surface area (Å²) >= 11 is 0. The Morgan fingerprint density at radius 2 is 1.89 bits per heavy atom. The Morgan fingerprint density at radius 3 is 2.67 bits per heavy atom. The zero-order chi connectivity index (χ0) is 12.5. The van der Waals surface area contributed by atoms with Crippen LogP contribution in [-0.2, 0) is 0 Å². The summed E-state index contributed by atoms with van der Waals surface area (Å²) in [6.45, 7) is 2.26. The Hall–Kier alpha value is -2.02. The third-order valence-corrected chi connectivity index (χ3v) is 3.62. The van der Waals surface area contributed by atoms with E-state index >= 15 is 0 Å². The first-order valence-corrected chi connectivity index (χ1v) is 6.41. The Balaban J connectivity index is 2.25. The molecule has 0 saturated carbocycles. The number of nitrogen functional groups attached to an aromatic ring is 1. The van der Waals surface area contributed by atoms with Crippen molar-refractivity contribution in [3.05, 3.63) is 59.7 Å². The lowest BCUT2D eigenvalue weighted by atomic mass is 9.84. The maximum Gasteiger partial charge on any atom is 0.0323 e. The second kappa shape index (κ2) is 4.34. The molecule has 0 fully saturated rings. The number of allylic oxidation sites excluding steroid dienone is 1. The Kier molecular flexibility index (Phi) is 2.67. The molecule has 1 unspecified atom stereocenters. The number of rotatable bonds is 1. The second-order valence-corrected chi connectivity index (χ2v) is 4.98. The molecule has 2 N–H and O–H groups in total. The van der Waals surface area contributed by atoms with E-state index < -0.39 is 0 Å². The van der Waals surface area contributed by atoms with E-state index in [2.05, 4.69) is 55.5 Å². The van der Waals surface area contributed by atoms with Gasteiger partial charge in [-0.15, -0.1) is 0 Å². The fourth-order valence-corrected chi connectivity index (χ4v) is 2.67. The lowest BCUT2D eigenvalue weighted by molar-refractivity contribution is 0.772. The smallest absolute Gasteiger partial charge is 0.0323 e. The monoisotopic (exact) mass is 235 g/mol. The molecule has 1 aliphatic carbocycles. The van der Waals surface area contributed by atoms with Crippen molar-refractivity contribution in [2.45, 2.75) is 19.3 Å². The van der Waals surface area contributed by atoms with Crippen molar-refractivity contribution in [2.24, 2.45) is 0 Å². The quantitative estimate of drug-likeness (QED) is 0.726. The number of nitrogens with two attached hydrogens (primary N) is 1. The van der Waals surface area contributed by atoms with Crippen molar-refractivity contribution in [3.63, 3.8) is 0 Å². The minimum Gasteiger partial charge on any atom is -0.399 e. The molecule has 1 aliphatic rings. The molecule has 2 aromatic carbocycles. The van der Waals surface area contributed by atoms with Crippen molar-refractivity contribution >= 4 is 11.8 Å². The molecule has 1 nitrogen and oxygen atoms in total. The average molecular weight is 235 g/mol. The van der Waals surface area contributed by atoms with Gasteiger partial charge < -0.3 is 5.73 Å². The van der Waals surface area contributed by atoms with E-state index in [1.807, 2.05) is 6.07 Å². The molecular formula is C17H17N. The molecule has 90 valence electrons. The highest BCUT2D eigenvalue weighted by atomic mass is 14.5. The summed E-state index contributed by atoms with van der Waals surface area (Å²) in [6.07, 6.45) is 5.59. The summed E-state index contributed by atoms with van der Waals surface area (Å²) in [7, 11) is 0. The van der Waals surface area contributed by atoms with Crippen LogP contribution in [0.5, 0.6) is 0 Å². The number of hydrogen-bond acceptors (Lipinski definition) is 1. The Morgan fingerprint density at radius 1 is 1.11 bits per heavy atom. The topological polar surface area (TPSA) is 26.0 Å². The molecule has 0 aliphatic heterocycles. The van der Waals surface area contributed by atoms with Crippen LogP contribution in [-0.4, -0.2) is 0 Å². The van der Waals surface area contributed by atoms with Crippen molar-refractivity contribution in [1.29, 1.82) is 0 Å². The molecule has 0 radical (unpaired) electrons. The van der Waals surface area contributed by atoms with Crippen LogP contribution < -0.4 is 5.73 Å². The molecule has 0 bridgehead atoms. The van der Waals surface area contributed by atoms with Gasteiger partial charge in [-0.25, -0.2) is 0 Å². The first-order chi connectivity index (χ1) is 8.75. The molecule has 0 heterocycles. The first-order valence-electron chi connectivity index (χ1n) is 6.41. The van der Waals surface area contributed by atoms with Crippen LogP contribution in [0.2, 0.25) is 0 Å². The van der Waals surface area contributed by atoms with Crippen molar-refractivity contribution in [1.82, 2.24) is 0 Å². The number of hydrogen-bond donors (Lipinski definition) is 1. The zero-order valence-corrected chi connectivity index (χ0v) is 10.6. The van der Waals surface area contributed by atoms with Crippen LogP contribution in [0, 0.1) is 0 Å². The third-order valence-electron chi connectivity index (χ3n) is 3.62. The van der Waals surface area contributed by atoms with Gasteiger partial charge in [0, 0.05) is 5.69 Å². The molecule has 3 rings (SSSR count). The van der Waals surface area contributed by atoms with Gasteiger partial charge in [0.05, 0.1) is 0 Å². The van der Waals surface area contributed by atoms with Crippen molar-refractivity contribution in [2.75, 3.05) is 5.73 Å². The lowest BCUT2D eigenvalue weighted by Crippen LogP contribution is -2.03. The predicted octanol–water partition coefficient (Wildman–Crippen LogP) is 4.46. The SMILES string of the molecule is CC1CC=Cc2c(-c3ccccc3)cc(N)cc21. The molecule has 1 heteroatoms. The van der Waals surface area contributed by atoms with Crippen molar-refractivity contribution < 1.29 is 0 Å². The molecule has 0 spiro atoms. The minimum absolute atomic E-state index is 0.552. The molecule has 1 atom stereocenters. The average Bonchev–Trinajstić information content (AvgIpc) is 2.40. The normalized spacial score (nSPS) is 17.5. The van der Waals surface area contributed by atoms with Gasteiger partial charge in [0.2, 0.25) is 0 Å². The van der Waals surface area contributed by atoms with Crippen molar-refractivity contribution in [3.8, 4) is 11.1 Å². The van der Waals surface area contributed by atoms with E-state index in [0.29, 0.717) is 5.92 Å². The van der Waals surface area contributed by atoms with Gasteiger partial charge >= 0.3 is 0 Å². The zero-order valence-electron chi connectivity index (χ0n) is 10.6. The molecule has 18 heavy (non-hydrogen) atoms. The minimum atomic E-state index is 0.552. The summed E-state index contributed by atoms with van der Waals surface area (Å²) in [6, 6.07) is 14.7. The molecular weight excluding hydrogens is 218 g/mol. The van der Waals surface area contributed by atoms with Gasteiger partial charge in [0.15, 0.2) is 0 Å². The molecule has 0 amide bonds. The summed E-state index contributed by atoms with van der Waals surface area (Å²) in [4.78, 5) is 0. The van der Waals surface area contributed by atoms with Crippen LogP contribution in [0.25, 0.3) is 17.2 Å². The van der Waals surface area contributed by atoms with E-state index in [1.54, 1.807) is 0 Å². The Labute approximate surface area is 108 Å². The number of anilines is 1. The number of fused-ring (bicyclic) bond motifs is 1. The van der Waals surface area contributed by atoms with Gasteiger partial charge in [-0.1, -0.05) is 49.4 Å². The van der Waals surface area contributed by atoms with Gasteiger partial charge in [-0.3, -0.25) is 0 Å². The van der Waals surface area contributed by atoms with E-state index in [0.717, 1.165) is 12.1 Å². The van der Waals surface area contributed by atoms with Crippen LogP contribution >= 0.6 is 0 Å². The molecule has 2 aromatic rings. The van der Waals surface area contributed by atoms with E-state index in [1.165, 1.54) is 22.3 Å². The highest BCUT2D eigenvalue weighted by Gasteiger charge is 2.16. The molecule has 0 aromatic heterocycles. The van der Waals surface area contributed by atoms with Crippen LogP contribution in [0.4, 0.5) is 5.69 Å². The maximum atomic E-state index is 6.06. The first kappa shape index (κ1) is 11.1. The standard InChI is InChI=1S/C17H17N/c1-12-6-5-9-15-16(12)10-14(18)11-17(15)13-7-3-2-4-8-13/h2-5,7-12H,6,18H2,1H3. The van der Waals surface area contributed by atoms with Gasteiger partial charge in [0.25, 0.3) is 0 Å². The van der Waals surface area contributed by atoms with E-state index in [4.69, 9.17) is 5.73 Å².